The highest BCUT2D eigenvalue weighted by molar-refractivity contribution is 6.25. The van der Waals surface area contributed by atoms with E-state index in [0.717, 1.165) is 36.1 Å². The fourth-order valence-corrected chi connectivity index (χ4v) is 7.63. The number of benzene rings is 2. The number of nitrogens with zero attached hydrogens (tertiary/aromatic N) is 4. The van der Waals surface area contributed by atoms with Gasteiger partial charge < -0.3 is 46.4 Å². The monoisotopic (exact) mass is 826 g/mol. The third-order valence-corrected chi connectivity index (χ3v) is 10.5. The Bertz CT molecular complexity index is 2250. The molecule has 2 aliphatic heterocycles. The molecule has 7 rings (SSSR count). The molecule has 1 saturated carbocycles. The van der Waals surface area contributed by atoms with Crippen molar-refractivity contribution in [1.82, 2.24) is 24.6 Å². The maximum Gasteiger partial charge on any atom is 0.264 e. The lowest BCUT2D eigenvalue weighted by molar-refractivity contribution is -0.136. The molecule has 3 atom stereocenters. The van der Waals surface area contributed by atoms with Gasteiger partial charge in [0.1, 0.15) is 24.0 Å². The summed E-state index contributed by atoms with van der Waals surface area (Å²) in [5, 5.41) is 12.1. The Morgan fingerprint density at radius 2 is 1.68 bits per heavy atom. The van der Waals surface area contributed by atoms with Crippen molar-refractivity contribution in [1.29, 1.82) is 0 Å². The number of nitrogens with two attached hydrogens (primary N) is 2. The molecule has 1 saturated heterocycles. The number of primary amides is 1. The maximum absolute atomic E-state index is 13.2. The Hall–Kier alpha value is -6.15. The highest BCUT2D eigenvalue weighted by Crippen LogP contribution is 2.33. The number of fused-ring (bicyclic) bond motifs is 2. The zero-order valence-electron chi connectivity index (χ0n) is 33.4. The molecule has 19 nitrogen and oxygen atoms in total. The van der Waals surface area contributed by atoms with Crippen LogP contribution in [0, 0.1) is 6.92 Å². The number of carbonyl (C=O) groups is 5. The van der Waals surface area contributed by atoms with Gasteiger partial charge >= 0.3 is 0 Å². The maximum atomic E-state index is 13.2. The van der Waals surface area contributed by atoms with Crippen molar-refractivity contribution in [2.24, 2.45) is 11.5 Å². The molecule has 4 heterocycles. The van der Waals surface area contributed by atoms with Crippen molar-refractivity contribution in [2.45, 2.75) is 63.6 Å². The summed E-state index contributed by atoms with van der Waals surface area (Å²) in [7, 11) is 0. The van der Waals surface area contributed by atoms with Crippen LogP contribution >= 0.6 is 0 Å². The molecule has 2 aromatic carbocycles. The Balaban J connectivity index is 0.801. The highest BCUT2D eigenvalue weighted by atomic mass is 16.6. The van der Waals surface area contributed by atoms with Crippen LogP contribution in [0.4, 0.5) is 23.1 Å². The summed E-state index contributed by atoms with van der Waals surface area (Å²) in [6, 6.07) is 9.50. The number of rotatable bonds is 20. The van der Waals surface area contributed by atoms with Crippen LogP contribution in [-0.2, 0) is 23.8 Å². The first-order chi connectivity index (χ1) is 29.1. The summed E-state index contributed by atoms with van der Waals surface area (Å²) in [5.74, 6) is -1.50. The first-order valence-corrected chi connectivity index (χ1v) is 20.1. The molecular weight excluding hydrogens is 777 g/mol. The Morgan fingerprint density at radius 3 is 2.43 bits per heavy atom. The molecule has 318 valence electrons. The normalized spacial score (nSPS) is 19.0. The molecule has 1 aliphatic carbocycles. The van der Waals surface area contributed by atoms with Crippen LogP contribution in [0.2, 0.25) is 0 Å². The minimum Gasteiger partial charge on any atom is -0.491 e. The lowest BCUT2D eigenvalue weighted by Crippen LogP contribution is -2.54. The number of nitrogens with one attached hydrogen (secondary N) is 4. The van der Waals surface area contributed by atoms with Gasteiger partial charge in [0.15, 0.2) is 11.5 Å². The van der Waals surface area contributed by atoms with Gasteiger partial charge in [0.25, 0.3) is 17.7 Å². The van der Waals surface area contributed by atoms with Gasteiger partial charge in [-0.05, 0) is 56.0 Å². The van der Waals surface area contributed by atoms with Gasteiger partial charge in [-0.1, -0.05) is 18.9 Å². The summed E-state index contributed by atoms with van der Waals surface area (Å²) in [6.45, 7) is 4.62. The summed E-state index contributed by atoms with van der Waals surface area (Å²) in [4.78, 5) is 73.0. The van der Waals surface area contributed by atoms with Crippen molar-refractivity contribution >= 4 is 58.3 Å². The molecule has 3 aliphatic rings. The van der Waals surface area contributed by atoms with E-state index in [1.54, 1.807) is 35.0 Å². The van der Waals surface area contributed by atoms with Crippen LogP contribution in [0.5, 0.6) is 5.75 Å². The van der Waals surface area contributed by atoms with Gasteiger partial charge in [-0.15, -0.1) is 0 Å². The number of anilines is 4. The summed E-state index contributed by atoms with van der Waals surface area (Å²) >= 11 is 0. The van der Waals surface area contributed by atoms with Crippen LogP contribution in [-0.4, -0.2) is 120 Å². The molecule has 19 heteroatoms. The van der Waals surface area contributed by atoms with Gasteiger partial charge in [0, 0.05) is 54.9 Å². The second-order valence-corrected chi connectivity index (χ2v) is 14.8. The molecule has 4 aromatic rings. The number of piperidine rings is 1. The molecule has 1 unspecified atom stereocenters. The zero-order valence-corrected chi connectivity index (χ0v) is 33.4. The van der Waals surface area contributed by atoms with Gasteiger partial charge in [0.2, 0.25) is 17.8 Å². The number of carbonyl (C=O) groups excluding carboxylic acids is 5. The third-order valence-electron chi connectivity index (χ3n) is 10.5. The SMILES string of the molecule is Cc1cc(Nc2nc(N[C@H]3CCCC[C@H]3N)n3ccnc3c2C(N)=O)cc(OCCOCCOCCOCCNc2cccc3c2C(=O)N(C2CCC(=O)NC2=O)C3=O)c1. The predicted octanol–water partition coefficient (Wildman–Crippen LogP) is 2.50. The van der Waals surface area contributed by atoms with Crippen molar-refractivity contribution in [2.75, 3.05) is 68.7 Å². The second-order valence-electron chi connectivity index (χ2n) is 14.8. The largest absolute Gasteiger partial charge is 0.491 e. The second kappa shape index (κ2) is 19.3. The lowest BCUT2D eigenvalue weighted by atomic mass is 9.91. The number of hydrogen-bond donors (Lipinski definition) is 6. The van der Waals surface area contributed by atoms with E-state index in [-0.39, 0.29) is 47.4 Å². The molecule has 60 heavy (non-hydrogen) atoms. The van der Waals surface area contributed by atoms with Gasteiger partial charge in [0.05, 0.1) is 50.8 Å². The van der Waals surface area contributed by atoms with Crippen molar-refractivity contribution in [3.05, 3.63) is 71.0 Å². The highest BCUT2D eigenvalue weighted by Gasteiger charge is 2.45. The number of amides is 5. The van der Waals surface area contributed by atoms with E-state index in [1.165, 1.54) is 0 Å². The van der Waals surface area contributed by atoms with Crippen LogP contribution in [0.15, 0.2) is 48.8 Å². The standard InChI is InChI=1S/C41H50N10O9/c1-24-21-25(46-36-34(35(43)53)37-45-11-13-50(37)41(49-36)47-29-7-3-2-6-28(29)42)23-26(22-24)60-20-19-59-18-17-58-16-15-57-14-12-44-30-8-4-5-27-33(30)40(56)51(39(27)55)31-9-10-32(52)48-38(31)54/h4-5,8,11,13,21-23,28-29,31,44,46H,2-3,6-7,9-10,12,14-20,42H2,1H3,(H2,43,53)(H,47,49)(H,48,52,54)/t28-,29+,31?/m1/s1. The van der Waals surface area contributed by atoms with E-state index in [9.17, 15) is 24.0 Å². The smallest absolute Gasteiger partial charge is 0.264 e. The summed E-state index contributed by atoms with van der Waals surface area (Å²) in [5.41, 5.74) is 15.2. The van der Waals surface area contributed by atoms with Crippen LogP contribution in [0.25, 0.3) is 5.65 Å². The first-order valence-electron chi connectivity index (χ1n) is 20.1. The zero-order chi connectivity index (χ0) is 42.2. The van der Waals surface area contributed by atoms with E-state index in [2.05, 4.69) is 26.3 Å². The van der Waals surface area contributed by atoms with Gasteiger partial charge in [-0.3, -0.25) is 38.6 Å². The Morgan fingerprint density at radius 1 is 0.933 bits per heavy atom. The average Bonchev–Trinajstić information content (AvgIpc) is 3.80. The third kappa shape index (κ3) is 9.65. The molecule has 2 aromatic heterocycles. The van der Waals surface area contributed by atoms with Crippen molar-refractivity contribution < 1.29 is 42.9 Å². The van der Waals surface area contributed by atoms with E-state index in [4.69, 9.17) is 35.4 Å². The van der Waals surface area contributed by atoms with Gasteiger partial charge in [-0.2, -0.15) is 4.98 Å². The molecule has 0 spiro atoms. The molecular formula is C41H50N10O9. The minimum absolute atomic E-state index is 0.0140. The number of imide groups is 2. The number of ether oxygens (including phenoxy) is 4. The van der Waals surface area contributed by atoms with E-state index >= 15 is 0 Å². The first kappa shape index (κ1) is 42.0. The predicted molar refractivity (Wildman–Crippen MR) is 219 cm³/mol. The van der Waals surface area contributed by atoms with Crippen LogP contribution < -0.4 is 37.5 Å². The van der Waals surface area contributed by atoms with Crippen molar-refractivity contribution in [3.8, 4) is 5.75 Å². The number of hydrogen-bond acceptors (Lipinski definition) is 15. The Labute approximate surface area is 345 Å². The number of aryl methyl sites for hydroxylation is 1. The quantitative estimate of drug-likeness (QED) is 0.0553. The van der Waals surface area contributed by atoms with Gasteiger partial charge in [-0.25, -0.2) is 4.98 Å². The lowest BCUT2D eigenvalue weighted by Gasteiger charge is -2.30. The van der Waals surface area contributed by atoms with Crippen LogP contribution in [0.1, 0.15) is 75.2 Å². The fraction of sp³-hybridized carbons (Fsp3) is 0.439. The Kier molecular flexibility index (Phi) is 13.5. The molecule has 5 amide bonds. The molecule has 2 fully saturated rings. The molecule has 0 bridgehead atoms. The van der Waals surface area contributed by atoms with E-state index < -0.39 is 35.6 Å². The fourth-order valence-electron chi connectivity index (χ4n) is 7.63. The number of aromatic nitrogens is 3. The topological polar surface area (TPSA) is 256 Å². The molecule has 8 N–H and O–H groups in total. The number of imidazole rings is 1. The summed E-state index contributed by atoms with van der Waals surface area (Å²) in [6.07, 6.45) is 7.47. The van der Waals surface area contributed by atoms with E-state index in [0.29, 0.717) is 81.5 Å². The molecule has 0 radical (unpaired) electrons. The average molecular weight is 827 g/mol. The van der Waals surface area contributed by atoms with Crippen LogP contribution in [0.3, 0.4) is 0 Å². The van der Waals surface area contributed by atoms with E-state index in [1.807, 2.05) is 25.1 Å². The summed E-state index contributed by atoms with van der Waals surface area (Å²) < 4.78 is 24.6. The minimum atomic E-state index is -1.03. The van der Waals surface area contributed by atoms with Crippen molar-refractivity contribution in [3.63, 3.8) is 0 Å².